The van der Waals surface area contributed by atoms with Gasteiger partial charge in [-0.15, -0.1) is 0 Å². The SMILES string of the molecule is CO/N=C/C1=CCCN(C(=O)OC(C)Cl)C1. The van der Waals surface area contributed by atoms with Crippen LogP contribution < -0.4 is 0 Å². The van der Waals surface area contributed by atoms with Gasteiger partial charge in [0.1, 0.15) is 7.11 Å². The van der Waals surface area contributed by atoms with Gasteiger partial charge in [-0.2, -0.15) is 0 Å². The second-order valence-corrected chi connectivity index (χ2v) is 3.95. The Hall–Kier alpha value is -1.23. The van der Waals surface area contributed by atoms with Crippen LogP contribution in [0.3, 0.4) is 0 Å². The van der Waals surface area contributed by atoms with E-state index in [1.807, 2.05) is 6.08 Å². The topological polar surface area (TPSA) is 51.1 Å². The van der Waals surface area contributed by atoms with Crippen LogP contribution in [-0.4, -0.2) is 43.0 Å². The predicted molar refractivity (Wildman–Crippen MR) is 61.6 cm³/mol. The van der Waals surface area contributed by atoms with Gasteiger partial charge in [-0.3, -0.25) is 0 Å². The Balaban J connectivity index is 2.51. The molecule has 0 aliphatic carbocycles. The number of alkyl halides is 1. The molecule has 6 heteroatoms. The minimum absolute atomic E-state index is 0.404. The summed E-state index contributed by atoms with van der Waals surface area (Å²) in [6, 6.07) is 0. The lowest BCUT2D eigenvalue weighted by atomic mass is 10.1. The van der Waals surface area contributed by atoms with Gasteiger partial charge in [0.2, 0.25) is 0 Å². The number of oxime groups is 1. The lowest BCUT2D eigenvalue weighted by Crippen LogP contribution is -2.37. The lowest BCUT2D eigenvalue weighted by Gasteiger charge is -2.25. The van der Waals surface area contributed by atoms with Crippen LogP contribution in [0.5, 0.6) is 0 Å². The fourth-order valence-corrected chi connectivity index (χ4v) is 1.43. The van der Waals surface area contributed by atoms with E-state index in [-0.39, 0.29) is 0 Å². The highest BCUT2D eigenvalue weighted by Crippen LogP contribution is 2.11. The molecule has 1 unspecified atom stereocenters. The second kappa shape index (κ2) is 6.37. The van der Waals surface area contributed by atoms with Crippen molar-refractivity contribution in [3.8, 4) is 0 Å². The van der Waals surface area contributed by atoms with Crippen LogP contribution >= 0.6 is 11.6 Å². The molecular weight excluding hydrogens is 232 g/mol. The van der Waals surface area contributed by atoms with Crippen molar-refractivity contribution in [1.29, 1.82) is 0 Å². The highest BCUT2D eigenvalue weighted by atomic mass is 35.5. The number of hydrogen-bond acceptors (Lipinski definition) is 4. The molecule has 1 amide bonds. The van der Waals surface area contributed by atoms with E-state index in [0.29, 0.717) is 13.1 Å². The maximum Gasteiger partial charge on any atom is 0.411 e. The molecule has 0 spiro atoms. The standard InChI is InChI=1S/C10H15ClN2O3/c1-8(11)16-10(14)13-5-3-4-9(7-13)6-12-15-2/h4,6,8H,3,5,7H2,1-2H3/b12-6+. The van der Waals surface area contributed by atoms with E-state index in [1.54, 1.807) is 18.0 Å². The Morgan fingerprint density at radius 3 is 3.12 bits per heavy atom. The van der Waals surface area contributed by atoms with Crippen molar-refractivity contribution in [3.63, 3.8) is 0 Å². The molecule has 0 fully saturated rings. The van der Waals surface area contributed by atoms with Gasteiger partial charge >= 0.3 is 6.09 Å². The molecule has 0 radical (unpaired) electrons. The Labute approximate surface area is 99.6 Å². The molecule has 0 aromatic heterocycles. The summed E-state index contributed by atoms with van der Waals surface area (Å²) in [4.78, 5) is 17.7. The Kier molecular flexibility index (Phi) is 5.11. The summed E-state index contributed by atoms with van der Waals surface area (Å²) < 4.78 is 4.89. The van der Waals surface area contributed by atoms with E-state index >= 15 is 0 Å². The van der Waals surface area contributed by atoms with Crippen molar-refractivity contribution in [1.82, 2.24) is 4.90 Å². The first kappa shape index (κ1) is 12.8. The van der Waals surface area contributed by atoms with Crippen molar-refractivity contribution >= 4 is 23.9 Å². The third kappa shape index (κ3) is 4.10. The number of amides is 1. The van der Waals surface area contributed by atoms with Gasteiger partial charge in [-0.25, -0.2) is 4.79 Å². The van der Waals surface area contributed by atoms with Gasteiger partial charge in [0.25, 0.3) is 0 Å². The molecule has 0 aromatic rings. The van der Waals surface area contributed by atoms with Crippen molar-refractivity contribution in [2.24, 2.45) is 5.16 Å². The largest absolute Gasteiger partial charge is 0.430 e. The molecule has 16 heavy (non-hydrogen) atoms. The second-order valence-electron chi connectivity index (χ2n) is 3.33. The summed E-state index contributed by atoms with van der Waals surface area (Å²) >= 11 is 5.58. The molecule has 1 heterocycles. The molecule has 90 valence electrons. The summed E-state index contributed by atoms with van der Waals surface area (Å²) in [6.45, 7) is 2.70. The number of nitrogens with zero attached hydrogens (tertiary/aromatic N) is 2. The van der Waals surface area contributed by atoms with E-state index < -0.39 is 11.7 Å². The average molecular weight is 247 g/mol. The first-order valence-corrected chi connectivity index (χ1v) is 5.42. The monoisotopic (exact) mass is 246 g/mol. The van der Waals surface area contributed by atoms with Crippen LogP contribution in [0, 0.1) is 0 Å². The predicted octanol–water partition coefficient (Wildman–Crippen LogP) is 1.97. The van der Waals surface area contributed by atoms with E-state index in [9.17, 15) is 4.79 Å². The highest BCUT2D eigenvalue weighted by molar-refractivity contribution is 6.19. The number of halogens is 1. The molecule has 5 nitrogen and oxygen atoms in total. The zero-order chi connectivity index (χ0) is 12.0. The molecule has 0 aromatic carbocycles. The molecule has 1 atom stereocenters. The van der Waals surface area contributed by atoms with Gasteiger partial charge in [0, 0.05) is 6.54 Å². The maximum atomic E-state index is 11.5. The summed E-state index contributed by atoms with van der Waals surface area (Å²) in [5.41, 5.74) is 0.307. The van der Waals surface area contributed by atoms with Crippen LogP contribution in [0.15, 0.2) is 16.8 Å². The molecule has 0 N–H and O–H groups in total. The van der Waals surface area contributed by atoms with Crippen LogP contribution in [0.4, 0.5) is 4.79 Å². The van der Waals surface area contributed by atoms with Crippen LogP contribution in [0.25, 0.3) is 0 Å². The average Bonchev–Trinajstić information content (AvgIpc) is 2.26. The lowest BCUT2D eigenvalue weighted by molar-refractivity contribution is 0.0984. The maximum absolute atomic E-state index is 11.5. The smallest absolute Gasteiger partial charge is 0.411 e. The molecule has 0 bridgehead atoms. The third-order valence-corrected chi connectivity index (χ3v) is 2.11. The number of ether oxygens (including phenoxy) is 1. The van der Waals surface area contributed by atoms with Crippen LogP contribution in [-0.2, 0) is 9.57 Å². The first-order chi connectivity index (χ1) is 7.63. The quantitative estimate of drug-likeness (QED) is 0.435. The summed E-state index contributed by atoms with van der Waals surface area (Å²) in [7, 11) is 1.47. The van der Waals surface area contributed by atoms with Gasteiger partial charge in [0.15, 0.2) is 5.56 Å². The van der Waals surface area contributed by atoms with Gasteiger partial charge < -0.3 is 14.5 Å². The molecule has 0 saturated heterocycles. The van der Waals surface area contributed by atoms with Crippen molar-refractivity contribution in [2.75, 3.05) is 20.2 Å². The number of hydrogen-bond donors (Lipinski definition) is 0. The Morgan fingerprint density at radius 2 is 2.50 bits per heavy atom. The number of rotatable bonds is 3. The van der Waals surface area contributed by atoms with Crippen LogP contribution in [0.1, 0.15) is 13.3 Å². The fourth-order valence-electron chi connectivity index (χ4n) is 1.35. The zero-order valence-electron chi connectivity index (χ0n) is 9.35. The Bertz CT molecular complexity index is 302. The zero-order valence-corrected chi connectivity index (χ0v) is 10.1. The van der Waals surface area contributed by atoms with Gasteiger partial charge in [0.05, 0.1) is 12.8 Å². The first-order valence-electron chi connectivity index (χ1n) is 4.98. The molecule has 1 rings (SSSR count). The fraction of sp³-hybridized carbons (Fsp3) is 0.600. The summed E-state index contributed by atoms with van der Waals surface area (Å²) in [5, 5.41) is 3.65. The molecule has 1 aliphatic heterocycles. The van der Waals surface area contributed by atoms with Gasteiger partial charge in [-0.1, -0.05) is 22.8 Å². The normalized spacial score (nSPS) is 18.2. The third-order valence-electron chi connectivity index (χ3n) is 2.02. The van der Waals surface area contributed by atoms with E-state index in [1.165, 1.54) is 7.11 Å². The van der Waals surface area contributed by atoms with Crippen molar-refractivity contribution < 1.29 is 14.4 Å². The molecular formula is C10H15ClN2O3. The van der Waals surface area contributed by atoms with Crippen molar-refractivity contribution in [2.45, 2.75) is 18.9 Å². The van der Waals surface area contributed by atoms with E-state index in [0.717, 1.165) is 12.0 Å². The number of carbonyl (C=O) groups is 1. The summed E-state index contributed by atoms with van der Waals surface area (Å²) in [6.07, 6.45) is 3.97. The van der Waals surface area contributed by atoms with E-state index in [4.69, 9.17) is 16.3 Å². The minimum Gasteiger partial charge on any atom is -0.430 e. The van der Waals surface area contributed by atoms with Crippen molar-refractivity contribution in [3.05, 3.63) is 11.6 Å². The Morgan fingerprint density at radius 1 is 1.75 bits per heavy atom. The highest BCUT2D eigenvalue weighted by Gasteiger charge is 2.19. The summed E-state index contributed by atoms with van der Waals surface area (Å²) in [5.74, 6) is 0. The van der Waals surface area contributed by atoms with Gasteiger partial charge in [-0.05, 0) is 18.9 Å². The molecule has 0 saturated carbocycles. The minimum atomic E-state index is -0.616. The molecule has 1 aliphatic rings. The number of carbonyl (C=O) groups excluding carboxylic acids is 1. The van der Waals surface area contributed by atoms with E-state index in [2.05, 4.69) is 9.99 Å². The van der Waals surface area contributed by atoms with Crippen LogP contribution in [0.2, 0.25) is 0 Å².